The number of pyridine rings is 1. The van der Waals surface area contributed by atoms with E-state index in [1.165, 1.54) is 12.1 Å². The normalized spacial score (nSPS) is 18.0. The molecule has 0 bridgehead atoms. The van der Waals surface area contributed by atoms with Crippen molar-refractivity contribution in [1.82, 2.24) is 9.97 Å². The third-order valence-corrected chi connectivity index (χ3v) is 7.13. The molecule has 0 amide bonds. The second kappa shape index (κ2) is 7.08. The summed E-state index contributed by atoms with van der Waals surface area (Å²) in [5, 5.41) is 0.158. The fourth-order valence-electron chi connectivity index (χ4n) is 3.92. The van der Waals surface area contributed by atoms with Crippen LogP contribution >= 0.6 is 0 Å². The molecule has 3 nitrogen and oxygen atoms in total. The highest BCUT2D eigenvalue weighted by Gasteiger charge is 2.26. The first-order valence-corrected chi connectivity index (χ1v) is 10.7. The molecule has 0 radical (unpaired) electrons. The van der Waals surface area contributed by atoms with E-state index in [-0.39, 0.29) is 11.1 Å². The maximum absolute atomic E-state index is 13.4. The van der Waals surface area contributed by atoms with Crippen molar-refractivity contribution >= 4 is 10.8 Å². The minimum absolute atomic E-state index is 0.158. The highest BCUT2D eigenvalue weighted by molar-refractivity contribution is 7.86. The summed E-state index contributed by atoms with van der Waals surface area (Å²) in [6.07, 6.45) is 4.36. The van der Waals surface area contributed by atoms with Gasteiger partial charge in [-0.1, -0.05) is 13.0 Å². The van der Waals surface area contributed by atoms with Gasteiger partial charge in [-0.15, -0.1) is 0 Å². The average Bonchev–Trinajstić information content (AvgIpc) is 3.31. The van der Waals surface area contributed by atoms with Crippen molar-refractivity contribution < 1.29 is 8.60 Å². The number of aromatic nitrogens is 2. The minimum Gasteiger partial charge on any atom is -0.354 e. The Kier molecular flexibility index (Phi) is 4.40. The number of H-pyrrole nitrogens is 1. The lowest BCUT2D eigenvalue weighted by atomic mass is 10.0. The van der Waals surface area contributed by atoms with E-state index in [1.54, 1.807) is 24.5 Å². The molecule has 2 aromatic heterocycles. The molecule has 0 saturated carbocycles. The Labute approximate surface area is 171 Å². The van der Waals surface area contributed by atoms with Gasteiger partial charge in [-0.05, 0) is 83.3 Å². The van der Waals surface area contributed by atoms with Crippen LogP contribution in [0.15, 0.2) is 78.0 Å². The van der Waals surface area contributed by atoms with Crippen molar-refractivity contribution in [2.75, 3.05) is 0 Å². The van der Waals surface area contributed by atoms with Crippen LogP contribution in [-0.4, -0.2) is 19.4 Å². The largest absolute Gasteiger partial charge is 0.354 e. The summed E-state index contributed by atoms with van der Waals surface area (Å²) >= 11 is 0. The Morgan fingerprint density at radius 3 is 2.45 bits per heavy atom. The molecule has 1 N–H and O–H groups in total. The number of hydrogen-bond acceptors (Lipinski definition) is 2. The third kappa shape index (κ3) is 3.21. The smallest absolute Gasteiger partial charge is 0.123 e. The molecule has 3 heterocycles. The molecule has 29 heavy (non-hydrogen) atoms. The van der Waals surface area contributed by atoms with Crippen LogP contribution in [-0.2, 0) is 17.2 Å². The molecular weight excluding hydrogens is 383 g/mol. The molecule has 0 saturated heterocycles. The van der Waals surface area contributed by atoms with Crippen molar-refractivity contribution in [3.05, 3.63) is 84.4 Å². The Morgan fingerprint density at radius 1 is 0.966 bits per heavy atom. The van der Waals surface area contributed by atoms with Gasteiger partial charge in [0.25, 0.3) is 0 Å². The van der Waals surface area contributed by atoms with Gasteiger partial charge in [-0.3, -0.25) is 9.19 Å². The van der Waals surface area contributed by atoms with Crippen LogP contribution in [0.5, 0.6) is 0 Å². The van der Waals surface area contributed by atoms with Gasteiger partial charge in [0.2, 0.25) is 0 Å². The summed E-state index contributed by atoms with van der Waals surface area (Å²) in [5.74, 6) is -0.258. The zero-order valence-corrected chi connectivity index (χ0v) is 16.7. The zero-order chi connectivity index (χ0) is 20.0. The average molecular weight is 402 g/mol. The fourth-order valence-corrected chi connectivity index (χ4v) is 5.29. The molecule has 2 unspecified atom stereocenters. The van der Waals surface area contributed by atoms with Crippen LogP contribution in [0.3, 0.4) is 0 Å². The van der Waals surface area contributed by atoms with E-state index < -0.39 is 10.8 Å². The molecule has 2 atom stereocenters. The molecule has 2 aromatic carbocycles. The molecular formula is C24H19FN2OS. The summed E-state index contributed by atoms with van der Waals surface area (Å²) in [7, 11) is -0.921. The standard InChI is InChI=1S/C24H19FN2OS/c1-15-12-19-13-18(4-7-23(19)29(15)28)22-14-21(16-8-10-26-11-9-16)24(27-22)17-2-5-20(25)6-3-17/h2-11,13-15,27H,12H2,1H3. The van der Waals surface area contributed by atoms with E-state index in [1.807, 2.05) is 31.2 Å². The fraction of sp³-hybridized carbons (Fsp3) is 0.125. The summed E-state index contributed by atoms with van der Waals surface area (Å²) in [4.78, 5) is 8.59. The van der Waals surface area contributed by atoms with Crippen molar-refractivity contribution in [2.24, 2.45) is 0 Å². The predicted octanol–water partition coefficient (Wildman–Crippen LogP) is 5.60. The maximum atomic E-state index is 13.4. The molecule has 5 heteroatoms. The first kappa shape index (κ1) is 18.0. The van der Waals surface area contributed by atoms with E-state index >= 15 is 0 Å². The van der Waals surface area contributed by atoms with Gasteiger partial charge in [-0.25, -0.2) is 4.39 Å². The number of benzene rings is 2. The first-order chi connectivity index (χ1) is 14.1. The van der Waals surface area contributed by atoms with Crippen LogP contribution in [0.2, 0.25) is 0 Å². The minimum atomic E-state index is -0.921. The van der Waals surface area contributed by atoms with Crippen molar-refractivity contribution in [1.29, 1.82) is 0 Å². The highest BCUT2D eigenvalue weighted by atomic mass is 32.2. The quantitative estimate of drug-likeness (QED) is 0.485. The Hall–Kier alpha value is -3.05. The predicted molar refractivity (Wildman–Crippen MR) is 114 cm³/mol. The number of fused-ring (bicyclic) bond motifs is 1. The van der Waals surface area contributed by atoms with Gasteiger partial charge in [0.05, 0.1) is 16.5 Å². The van der Waals surface area contributed by atoms with E-state index in [0.29, 0.717) is 0 Å². The summed E-state index contributed by atoms with van der Waals surface area (Å²) in [5.41, 5.74) is 7.10. The molecule has 1 aliphatic rings. The van der Waals surface area contributed by atoms with Crippen LogP contribution in [0.25, 0.3) is 33.6 Å². The van der Waals surface area contributed by atoms with Gasteiger partial charge < -0.3 is 4.98 Å². The van der Waals surface area contributed by atoms with Gasteiger partial charge in [-0.2, -0.15) is 0 Å². The van der Waals surface area contributed by atoms with Gasteiger partial charge >= 0.3 is 0 Å². The Bertz CT molecular complexity index is 1220. The number of rotatable bonds is 3. The SMILES string of the molecule is CC1Cc2cc(-c3cc(-c4ccncc4)c(-c4ccc(F)cc4)[nH]3)ccc2S1=O. The highest BCUT2D eigenvalue weighted by Crippen LogP contribution is 2.37. The molecule has 0 spiro atoms. The number of halogens is 1. The lowest BCUT2D eigenvalue weighted by molar-refractivity contribution is 0.628. The maximum Gasteiger partial charge on any atom is 0.123 e. The van der Waals surface area contributed by atoms with Crippen molar-refractivity contribution in [3.63, 3.8) is 0 Å². The topological polar surface area (TPSA) is 45.8 Å². The van der Waals surface area contributed by atoms with Gasteiger partial charge in [0.15, 0.2) is 0 Å². The Balaban J connectivity index is 1.65. The molecule has 1 aliphatic heterocycles. The monoisotopic (exact) mass is 402 g/mol. The molecule has 4 aromatic rings. The van der Waals surface area contributed by atoms with Gasteiger partial charge in [0, 0.05) is 33.8 Å². The van der Waals surface area contributed by atoms with Crippen LogP contribution < -0.4 is 0 Å². The molecule has 0 aliphatic carbocycles. The van der Waals surface area contributed by atoms with Crippen LogP contribution in [0.4, 0.5) is 4.39 Å². The van der Waals surface area contributed by atoms with Crippen LogP contribution in [0, 0.1) is 5.82 Å². The number of hydrogen-bond donors (Lipinski definition) is 1. The van der Waals surface area contributed by atoms with Crippen molar-refractivity contribution in [3.8, 4) is 33.6 Å². The molecule has 5 rings (SSSR count). The van der Waals surface area contributed by atoms with E-state index in [0.717, 1.165) is 50.5 Å². The molecule has 144 valence electrons. The summed E-state index contributed by atoms with van der Waals surface area (Å²) in [6, 6.07) is 18.7. The number of nitrogens with one attached hydrogen (secondary N) is 1. The second-order valence-corrected chi connectivity index (χ2v) is 9.19. The van der Waals surface area contributed by atoms with E-state index in [2.05, 4.69) is 22.1 Å². The van der Waals surface area contributed by atoms with E-state index in [4.69, 9.17) is 0 Å². The van der Waals surface area contributed by atoms with E-state index in [9.17, 15) is 8.60 Å². The summed E-state index contributed by atoms with van der Waals surface area (Å²) in [6.45, 7) is 2.03. The van der Waals surface area contributed by atoms with Gasteiger partial charge in [0.1, 0.15) is 5.82 Å². The number of nitrogens with zero attached hydrogens (tertiary/aromatic N) is 1. The lowest BCUT2D eigenvalue weighted by Crippen LogP contribution is -2.03. The Morgan fingerprint density at radius 2 is 1.69 bits per heavy atom. The summed E-state index contributed by atoms with van der Waals surface area (Å²) < 4.78 is 25.8. The molecule has 0 fully saturated rings. The lowest BCUT2D eigenvalue weighted by Gasteiger charge is -2.05. The zero-order valence-electron chi connectivity index (χ0n) is 15.9. The van der Waals surface area contributed by atoms with Crippen LogP contribution in [0.1, 0.15) is 12.5 Å². The first-order valence-electron chi connectivity index (χ1n) is 9.53. The van der Waals surface area contributed by atoms with Crippen molar-refractivity contribution in [2.45, 2.75) is 23.5 Å². The number of aromatic amines is 1. The second-order valence-electron chi connectivity index (χ2n) is 7.35. The third-order valence-electron chi connectivity index (χ3n) is 5.40.